The minimum absolute atomic E-state index is 0.278. The molecule has 8 heteroatoms. The van der Waals surface area contributed by atoms with Crippen LogP contribution in [0.25, 0.3) is 10.9 Å². The number of ether oxygens (including phenoxy) is 1. The minimum Gasteiger partial charge on any atom is -0.378 e. The molecular weight excluding hydrogens is 479 g/mol. The summed E-state index contributed by atoms with van der Waals surface area (Å²) < 4.78 is 44.9. The average Bonchev–Trinajstić information content (AvgIpc) is 2.89. The molecule has 2 aromatic heterocycles. The number of alkyl halides is 3. The lowest BCUT2D eigenvalue weighted by atomic mass is 9.89. The van der Waals surface area contributed by atoms with Crippen LogP contribution in [0.1, 0.15) is 45.7 Å². The number of amides is 1. The first kappa shape index (κ1) is 24.5. The van der Waals surface area contributed by atoms with Gasteiger partial charge in [-0.25, -0.2) is 0 Å². The van der Waals surface area contributed by atoms with Crippen molar-refractivity contribution in [3.63, 3.8) is 0 Å². The highest BCUT2D eigenvalue weighted by molar-refractivity contribution is 5.98. The van der Waals surface area contributed by atoms with Gasteiger partial charge in [-0.2, -0.15) is 13.2 Å². The summed E-state index contributed by atoms with van der Waals surface area (Å²) in [4.78, 5) is 22.1. The van der Waals surface area contributed by atoms with E-state index in [9.17, 15) is 18.0 Å². The Balaban J connectivity index is 1.54. The molecule has 1 fully saturated rings. The van der Waals surface area contributed by atoms with E-state index in [1.54, 1.807) is 48.8 Å². The molecule has 4 aromatic rings. The molecule has 5 rings (SSSR count). The monoisotopic (exact) mass is 501 g/mol. The van der Waals surface area contributed by atoms with Gasteiger partial charge in [0.15, 0.2) is 0 Å². The second kappa shape index (κ2) is 9.68. The number of aromatic nitrogens is 2. The van der Waals surface area contributed by atoms with Crippen molar-refractivity contribution in [1.82, 2.24) is 15.3 Å². The van der Waals surface area contributed by atoms with E-state index in [0.29, 0.717) is 35.6 Å². The van der Waals surface area contributed by atoms with Crippen LogP contribution >= 0.6 is 0 Å². The molecule has 186 valence electrons. The minimum atomic E-state index is -4.47. The fraction of sp³-hybridized carbons (Fsp3) is 0.207. The zero-order valence-corrected chi connectivity index (χ0v) is 19.8. The van der Waals surface area contributed by atoms with Crippen molar-refractivity contribution in [3.05, 3.63) is 107 Å². The number of hydrogen-bond donors (Lipinski definition) is 1. The van der Waals surface area contributed by atoms with Gasteiger partial charge in [0.2, 0.25) is 0 Å². The maximum atomic E-state index is 13.4. The van der Waals surface area contributed by atoms with Gasteiger partial charge in [0.1, 0.15) is 0 Å². The summed E-state index contributed by atoms with van der Waals surface area (Å²) >= 11 is 0. The van der Waals surface area contributed by atoms with Gasteiger partial charge >= 0.3 is 6.18 Å². The Bertz CT molecular complexity index is 1520. The van der Waals surface area contributed by atoms with Crippen LogP contribution in [0.5, 0.6) is 0 Å². The number of hydrogen-bond acceptors (Lipinski definition) is 4. The quantitative estimate of drug-likeness (QED) is 0.372. The third kappa shape index (κ3) is 5.32. The highest BCUT2D eigenvalue weighted by Crippen LogP contribution is 2.32. The molecule has 0 bridgehead atoms. The van der Waals surface area contributed by atoms with E-state index in [2.05, 4.69) is 27.1 Å². The second-order valence-electron chi connectivity index (χ2n) is 9.18. The molecule has 1 aliphatic rings. The number of rotatable bonds is 4. The van der Waals surface area contributed by atoms with Gasteiger partial charge in [-0.15, -0.1) is 0 Å². The fourth-order valence-electron chi connectivity index (χ4n) is 4.06. The summed E-state index contributed by atoms with van der Waals surface area (Å²) in [5.41, 5.74) is 1.54. The van der Waals surface area contributed by atoms with Crippen molar-refractivity contribution >= 4 is 16.8 Å². The maximum absolute atomic E-state index is 13.4. The van der Waals surface area contributed by atoms with Crippen LogP contribution in [0.3, 0.4) is 0 Å². The molecule has 0 saturated carbocycles. The molecular formula is C29H22F3N3O2. The molecule has 2 aromatic carbocycles. The Kier molecular flexibility index (Phi) is 6.40. The molecule has 0 spiro atoms. The first-order valence-electron chi connectivity index (χ1n) is 11.6. The van der Waals surface area contributed by atoms with Gasteiger partial charge in [-0.1, -0.05) is 30.0 Å². The molecule has 1 atom stereocenters. The van der Waals surface area contributed by atoms with Crippen LogP contribution in [-0.2, 0) is 10.9 Å². The first-order valence-corrected chi connectivity index (χ1v) is 11.6. The molecule has 1 N–H and O–H groups in total. The largest absolute Gasteiger partial charge is 0.416 e. The number of carbonyl (C=O) groups is 1. The van der Waals surface area contributed by atoms with Gasteiger partial charge in [0.25, 0.3) is 5.91 Å². The van der Waals surface area contributed by atoms with Gasteiger partial charge in [-0.05, 0) is 61.0 Å². The zero-order valence-electron chi connectivity index (χ0n) is 19.8. The summed E-state index contributed by atoms with van der Waals surface area (Å²) in [6.07, 6.45) is -1.24. The van der Waals surface area contributed by atoms with Crippen molar-refractivity contribution in [2.45, 2.75) is 19.1 Å². The van der Waals surface area contributed by atoms with Crippen LogP contribution in [0, 0.1) is 17.3 Å². The number of carbonyl (C=O) groups excluding carboxylic acids is 1. The molecule has 37 heavy (non-hydrogen) atoms. The lowest BCUT2D eigenvalue weighted by Crippen LogP contribution is -2.38. The lowest BCUT2D eigenvalue weighted by molar-refractivity contribution is -0.137. The summed E-state index contributed by atoms with van der Waals surface area (Å²) in [6.45, 7) is 3.03. The first-order chi connectivity index (χ1) is 17.7. The number of nitrogens with one attached hydrogen (secondary N) is 1. The normalized spacial score (nSPS) is 15.2. The third-order valence-electron chi connectivity index (χ3n) is 6.16. The van der Waals surface area contributed by atoms with Gasteiger partial charge in [0.05, 0.1) is 41.4 Å². The Morgan fingerprint density at radius 2 is 1.76 bits per heavy atom. The topological polar surface area (TPSA) is 64.1 Å². The van der Waals surface area contributed by atoms with Crippen LogP contribution in [0.2, 0.25) is 0 Å². The van der Waals surface area contributed by atoms with Crippen LogP contribution in [0.4, 0.5) is 13.2 Å². The Morgan fingerprint density at radius 3 is 2.46 bits per heavy atom. The number of pyridine rings is 2. The van der Waals surface area contributed by atoms with E-state index in [-0.39, 0.29) is 5.41 Å². The van der Waals surface area contributed by atoms with Crippen LogP contribution < -0.4 is 5.32 Å². The van der Waals surface area contributed by atoms with E-state index in [1.807, 2.05) is 13.0 Å². The van der Waals surface area contributed by atoms with E-state index in [1.165, 1.54) is 12.1 Å². The molecule has 1 aliphatic heterocycles. The second-order valence-corrected chi connectivity index (χ2v) is 9.18. The van der Waals surface area contributed by atoms with Gasteiger partial charge in [-0.3, -0.25) is 14.8 Å². The smallest absolute Gasteiger partial charge is 0.378 e. The van der Waals surface area contributed by atoms with Gasteiger partial charge < -0.3 is 10.1 Å². The summed E-state index contributed by atoms with van der Waals surface area (Å²) in [5, 5.41) is 3.75. The Hall–Kier alpha value is -4.22. The van der Waals surface area contributed by atoms with Crippen LogP contribution in [0.15, 0.2) is 79.1 Å². The number of benzene rings is 2. The highest BCUT2D eigenvalue weighted by Gasteiger charge is 2.32. The van der Waals surface area contributed by atoms with Crippen molar-refractivity contribution in [2.75, 3.05) is 13.2 Å². The third-order valence-corrected chi connectivity index (χ3v) is 6.16. The molecule has 1 amide bonds. The standard InChI is InChI=1S/C29H22F3N3O2/c1-28(17-37-18-28)13-12-19-4-2-15-34-25(19)26(20-6-9-23(10-7-20)29(30,31)32)35-27(36)22-8-11-24-21(16-22)5-3-14-33-24/h2-11,14-16,26H,17-18H2,1H3,(H,35,36)/t26-/m0/s1. The maximum Gasteiger partial charge on any atom is 0.416 e. The molecule has 5 nitrogen and oxygen atoms in total. The predicted molar refractivity (Wildman–Crippen MR) is 133 cm³/mol. The lowest BCUT2D eigenvalue weighted by Gasteiger charge is -2.32. The number of halogens is 3. The molecule has 0 radical (unpaired) electrons. The highest BCUT2D eigenvalue weighted by atomic mass is 19.4. The van der Waals surface area contributed by atoms with Crippen molar-refractivity contribution in [1.29, 1.82) is 0 Å². The van der Waals surface area contributed by atoms with Crippen molar-refractivity contribution in [2.24, 2.45) is 5.41 Å². The van der Waals surface area contributed by atoms with Crippen molar-refractivity contribution in [3.8, 4) is 11.8 Å². The van der Waals surface area contributed by atoms with Crippen molar-refractivity contribution < 1.29 is 22.7 Å². The van der Waals surface area contributed by atoms with Gasteiger partial charge in [0, 0.05) is 28.9 Å². The number of fused-ring (bicyclic) bond motifs is 1. The summed E-state index contributed by atoms with van der Waals surface area (Å²) in [5.74, 6) is 5.95. The van der Waals surface area contributed by atoms with Crippen LogP contribution in [-0.4, -0.2) is 29.1 Å². The molecule has 0 aliphatic carbocycles. The summed E-state index contributed by atoms with van der Waals surface area (Å²) in [7, 11) is 0. The average molecular weight is 502 g/mol. The van der Waals surface area contributed by atoms with E-state index >= 15 is 0 Å². The SMILES string of the molecule is CC1(C#Cc2cccnc2[C@@H](NC(=O)c2ccc3ncccc3c2)c2ccc(C(F)(F)F)cc2)COC1. The molecule has 3 heterocycles. The molecule has 0 unspecified atom stereocenters. The zero-order chi connectivity index (χ0) is 26.0. The fourth-order valence-corrected chi connectivity index (χ4v) is 4.06. The Morgan fingerprint density at radius 1 is 1.03 bits per heavy atom. The van der Waals surface area contributed by atoms with E-state index in [0.717, 1.165) is 23.0 Å². The summed E-state index contributed by atoms with van der Waals surface area (Å²) in [6, 6.07) is 16.1. The molecule has 1 saturated heterocycles. The Labute approximate surface area is 211 Å². The van der Waals surface area contributed by atoms with E-state index in [4.69, 9.17) is 4.74 Å². The number of nitrogens with zero attached hydrogens (tertiary/aromatic N) is 2. The predicted octanol–water partition coefficient (Wildman–Crippen LogP) is 5.56. The van der Waals surface area contributed by atoms with E-state index < -0.39 is 23.7 Å².